The molecule has 3 nitrogen and oxygen atoms in total. The SMILES string of the molecule is O=c1[nH]cc(-c2ccc(Cl)cc2)o1. The minimum absolute atomic E-state index is 0.454. The van der Waals surface area contributed by atoms with Crippen LogP contribution < -0.4 is 5.76 Å². The maximum Gasteiger partial charge on any atom is 0.416 e. The molecule has 2 rings (SSSR count). The average Bonchev–Trinajstić information content (AvgIpc) is 2.53. The van der Waals surface area contributed by atoms with Gasteiger partial charge in [-0.1, -0.05) is 11.6 Å². The molecule has 1 aromatic heterocycles. The highest BCUT2D eigenvalue weighted by molar-refractivity contribution is 6.30. The molecule has 0 bridgehead atoms. The van der Waals surface area contributed by atoms with Crippen LogP contribution >= 0.6 is 11.6 Å². The molecule has 0 atom stereocenters. The third-order valence-corrected chi connectivity index (χ3v) is 1.90. The van der Waals surface area contributed by atoms with Crippen LogP contribution in [0.1, 0.15) is 0 Å². The summed E-state index contributed by atoms with van der Waals surface area (Å²) in [7, 11) is 0. The first-order valence-corrected chi connectivity index (χ1v) is 4.08. The molecule has 0 spiro atoms. The van der Waals surface area contributed by atoms with Crippen LogP contribution in [0.5, 0.6) is 0 Å². The van der Waals surface area contributed by atoms with Crippen molar-refractivity contribution in [2.75, 3.05) is 0 Å². The normalized spacial score (nSPS) is 10.2. The predicted molar refractivity (Wildman–Crippen MR) is 49.8 cm³/mol. The van der Waals surface area contributed by atoms with Crippen LogP contribution in [0.3, 0.4) is 0 Å². The first-order chi connectivity index (χ1) is 6.25. The Morgan fingerprint density at radius 3 is 2.46 bits per heavy atom. The topological polar surface area (TPSA) is 46.0 Å². The zero-order valence-corrected chi connectivity index (χ0v) is 7.34. The summed E-state index contributed by atoms with van der Waals surface area (Å²) in [6.07, 6.45) is 1.52. The van der Waals surface area contributed by atoms with Gasteiger partial charge < -0.3 is 4.42 Å². The number of nitrogens with one attached hydrogen (secondary N) is 1. The molecule has 1 N–H and O–H groups in total. The molecule has 4 heteroatoms. The van der Waals surface area contributed by atoms with Crippen molar-refractivity contribution in [3.8, 4) is 11.3 Å². The highest BCUT2D eigenvalue weighted by Gasteiger charge is 2.01. The van der Waals surface area contributed by atoms with Gasteiger partial charge in [0.25, 0.3) is 0 Å². The third kappa shape index (κ3) is 1.65. The molecule has 0 aliphatic rings. The molecule has 0 saturated heterocycles. The van der Waals surface area contributed by atoms with Gasteiger partial charge in [-0.05, 0) is 24.3 Å². The maximum atomic E-state index is 10.7. The van der Waals surface area contributed by atoms with Crippen molar-refractivity contribution in [3.05, 3.63) is 46.0 Å². The Balaban J connectivity index is 2.47. The van der Waals surface area contributed by atoms with Crippen molar-refractivity contribution in [2.24, 2.45) is 0 Å². The molecule has 66 valence electrons. The number of aromatic amines is 1. The molecule has 0 fully saturated rings. The first-order valence-electron chi connectivity index (χ1n) is 3.70. The maximum absolute atomic E-state index is 10.7. The van der Waals surface area contributed by atoms with Crippen LogP contribution in [0.2, 0.25) is 5.02 Å². The number of hydrogen-bond acceptors (Lipinski definition) is 2. The Labute approximate surface area is 79.0 Å². The summed E-state index contributed by atoms with van der Waals surface area (Å²) in [6.45, 7) is 0. The summed E-state index contributed by atoms with van der Waals surface area (Å²) in [4.78, 5) is 13.1. The number of halogens is 1. The van der Waals surface area contributed by atoms with E-state index in [2.05, 4.69) is 4.98 Å². The predicted octanol–water partition coefficient (Wildman–Crippen LogP) is 2.29. The van der Waals surface area contributed by atoms with Crippen LogP contribution in [0, 0.1) is 0 Å². The van der Waals surface area contributed by atoms with Gasteiger partial charge in [-0.3, -0.25) is 4.98 Å². The van der Waals surface area contributed by atoms with Gasteiger partial charge in [-0.25, -0.2) is 4.79 Å². The largest absolute Gasteiger partial charge is 0.416 e. The van der Waals surface area contributed by atoms with E-state index < -0.39 is 5.76 Å². The van der Waals surface area contributed by atoms with E-state index in [-0.39, 0.29) is 0 Å². The van der Waals surface area contributed by atoms with Gasteiger partial charge in [0.05, 0.1) is 6.20 Å². The Morgan fingerprint density at radius 1 is 1.23 bits per heavy atom. The van der Waals surface area contributed by atoms with Gasteiger partial charge >= 0.3 is 5.76 Å². The summed E-state index contributed by atoms with van der Waals surface area (Å²) in [5.74, 6) is 0.0617. The van der Waals surface area contributed by atoms with Gasteiger partial charge in [0.1, 0.15) is 0 Å². The summed E-state index contributed by atoms with van der Waals surface area (Å²) < 4.78 is 4.86. The number of hydrogen-bond donors (Lipinski definition) is 1. The van der Waals surface area contributed by atoms with Crippen molar-refractivity contribution >= 4 is 11.6 Å². The smallest absolute Gasteiger partial charge is 0.408 e. The van der Waals surface area contributed by atoms with Gasteiger partial charge in [-0.15, -0.1) is 0 Å². The van der Waals surface area contributed by atoms with E-state index in [1.807, 2.05) is 0 Å². The molecular weight excluding hydrogens is 190 g/mol. The Morgan fingerprint density at radius 2 is 1.92 bits per heavy atom. The molecule has 0 aliphatic carbocycles. The first kappa shape index (κ1) is 8.13. The number of aromatic nitrogens is 1. The van der Waals surface area contributed by atoms with Crippen LogP contribution in [0.25, 0.3) is 11.3 Å². The van der Waals surface area contributed by atoms with E-state index in [1.54, 1.807) is 24.3 Å². The summed E-state index contributed by atoms with van der Waals surface area (Å²) in [6, 6.07) is 7.05. The Kier molecular flexibility index (Phi) is 1.94. The van der Waals surface area contributed by atoms with Crippen LogP contribution in [0.15, 0.2) is 39.7 Å². The van der Waals surface area contributed by atoms with E-state index in [1.165, 1.54) is 6.20 Å². The van der Waals surface area contributed by atoms with Gasteiger partial charge in [0.15, 0.2) is 5.76 Å². The summed E-state index contributed by atoms with van der Waals surface area (Å²) >= 11 is 5.70. The Hall–Kier alpha value is -1.48. The molecule has 0 unspecified atom stereocenters. The zero-order chi connectivity index (χ0) is 9.26. The number of benzene rings is 1. The fraction of sp³-hybridized carbons (Fsp3) is 0. The van der Waals surface area contributed by atoms with E-state index in [4.69, 9.17) is 16.0 Å². The quantitative estimate of drug-likeness (QED) is 0.759. The van der Waals surface area contributed by atoms with Crippen molar-refractivity contribution in [1.29, 1.82) is 0 Å². The van der Waals surface area contributed by atoms with Gasteiger partial charge in [0.2, 0.25) is 0 Å². The molecule has 2 aromatic rings. The van der Waals surface area contributed by atoms with Crippen molar-refractivity contribution < 1.29 is 4.42 Å². The number of oxazole rings is 1. The molecule has 0 saturated carbocycles. The third-order valence-electron chi connectivity index (χ3n) is 1.65. The number of H-pyrrole nitrogens is 1. The zero-order valence-electron chi connectivity index (χ0n) is 6.58. The lowest BCUT2D eigenvalue weighted by Crippen LogP contribution is -1.92. The Bertz CT molecular complexity index is 455. The van der Waals surface area contributed by atoms with Crippen LogP contribution in [0.4, 0.5) is 0 Å². The average molecular weight is 196 g/mol. The molecule has 1 heterocycles. The highest BCUT2D eigenvalue weighted by Crippen LogP contribution is 2.19. The summed E-state index contributed by atoms with van der Waals surface area (Å²) in [5.41, 5.74) is 0.822. The molecule has 0 radical (unpaired) electrons. The van der Waals surface area contributed by atoms with Crippen molar-refractivity contribution in [2.45, 2.75) is 0 Å². The second-order valence-corrected chi connectivity index (χ2v) is 2.99. The van der Waals surface area contributed by atoms with Crippen molar-refractivity contribution in [1.82, 2.24) is 4.98 Å². The standard InChI is InChI=1S/C9H6ClNO2/c10-7-3-1-6(2-4-7)8-5-11-9(12)13-8/h1-5H,(H,11,12). The minimum Gasteiger partial charge on any atom is -0.408 e. The van der Waals surface area contributed by atoms with Gasteiger partial charge in [-0.2, -0.15) is 0 Å². The van der Waals surface area contributed by atoms with E-state index >= 15 is 0 Å². The second-order valence-electron chi connectivity index (χ2n) is 2.55. The fourth-order valence-electron chi connectivity index (χ4n) is 1.04. The lowest BCUT2D eigenvalue weighted by Gasteiger charge is -1.94. The van der Waals surface area contributed by atoms with E-state index in [9.17, 15) is 4.79 Å². The molecule has 13 heavy (non-hydrogen) atoms. The summed E-state index contributed by atoms with van der Waals surface area (Å²) in [5, 5.41) is 0.654. The van der Waals surface area contributed by atoms with Gasteiger partial charge in [0, 0.05) is 10.6 Å². The lowest BCUT2D eigenvalue weighted by atomic mass is 10.2. The fourth-order valence-corrected chi connectivity index (χ4v) is 1.17. The molecule has 0 amide bonds. The van der Waals surface area contributed by atoms with Crippen LogP contribution in [-0.2, 0) is 0 Å². The van der Waals surface area contributed by atoms with E-state index in [0.717, 1.165) is 5.56 Å². The number of rotatable bonds is 1. The monoisotopic (exact) mass is 195 g/mol. The van der Waals surface area contributed by atoms with Crippen LogP contribution in [-0.4, -0.2) is 4.98 Å². The highest BCUT2D eigenvalue weighted by atomic mass is 35.5. The minimum atomic E-state index is -0.454. The second kappa shape index (κ2) is 3.11. The van der Waals surface area contributed by atoms with Crippen molar-refractivity contribution in [3.63, 3.8) is 0 Å². The molecule has 1 aromatic carbocycles. The molecular formula is C9H6ClNO2. The lowest BCUT2D eigenvalue weighted by molar-refractivity contribution is 0.528. The molecule has 0 aliphatic heterocycles. The van der Waals surface area contributed by atoms with E-state index in [0.29, 0.717) is 10.8 Å².